The van der Waals surface area contributed by atoms with Crippen LogP contribution in [0.3, 0.4) is 0 Å². The van der Waals surface area contributed by atoms with E-state index in [1.807, 2.05) is 12.1 Å². The van der Waals surface area contributed by atoms with Gasteiger partial charge in [-0.05, 0) is 49.8 Å². The maximum atomic E-state index is 12.6. The van der Waals surface area contributed by atoms with Crippen LogP contribution >= 0.6 is 0 Å². The van der Waals surface area contributed by atoms with E-state index in [1.54, 1.807) is 19.2 Å². The molecule has 2 fully saturated rings. The Labute approximate surface area is 155 Å². The fourth-order valence-corrected chi connectivity index (χ4v) is 4.07. The summed E-state index contributed by atoms with van der Waals surface area (Å²) in [5.74, 6) is 0.343. The molecule has 1 heterocycles. The average molecular weight is 362 g/mol. The third kappa shape index (κ3) is 4.96. The van der Waals surface area contributed by atoms with Crippen LogP contribution in [0, 0.1) is 5.92 Å². The van der Waals surface area contributed by atoms with E-state index < -0.39 is 6.10 Å². The summed E-state index contributed by atoms with van der Waals surface area (Å²) < 4.78 is 5.30. The number of carbonyl (C=O) groups is 1. The lowest BCUT2D eigenvalue weighted by Gasteiger charge is -2.35. The second-order valence-electron chi connectivity index (χ2n) is 7.58. The molecule has 26 heavy (non-hydrogen) atoms. The quantitative estimate of drug-likeness (QED) is 0.742. The van der Waals surface area contributed by atoms with Gasteiger partial charge in [0.2, 0.25) is 5.91 Å². The Balaban J connectivity index is 1.43. The van der Waals surface area contributed by atoms with E-state index in [1.165, 1.54) is 0 Å². The van der Waals surface area contributed by atoms with Crippen LogP contribution in [0.15, 0.2) is 24.3 Å². The van der Waals surface area contributed by atoms with Crippen LogP contribution < -0.4 is 5.32 Å². The first-order valence-corrected chi connectivity index (χ1v) is 9.56. The summed E-state index contributed by atoms with van der Waals surface area (Å²) in [6.45, 7) is 2.69. The minimum Gasteiger partial charge on any atom is -0.508 e. The van der Waals surface area contributed by atoms with Crippen LogP contribution in [0.1, 0.15) is 37.7 Å². The molecular weight excluding hydrogens is 332 g/mol. The van der Waals surface area contributed by atoms with Crippen LogP contribution in [-0.2, 0) is 16.1 Å². The fourth-order valence-electron chi connectivity index (χ4n) is 4.07. The van der Waals surface area contributed by atoms with Crippen molar-refractivity contribution in [2.75, 3.05) is 20.2 Å². The normalized spacial score (nSPS) is 28.0. The van der Waals surface area contributed by atoms with Crippen LogP contribution in [0.4, 0.5) is 0 Å². The zero-order valence-corrected chi connectivity index (χ0v) is 15.4. The number of hydrogen-bond donors (Lipinski definition) is 3. The lowest BCUT2D eigenvalue weighted by Crippen LogP contribution is -2.48. The molecule has 0 spiro atoms. The molecule has 0 radical (unpaired) electrons. The molecule has 1 aliphatic heterocycles. The number of benzene rings is 1. The summed E-state index contributed by atoms with van der Waals surface area (Å²) in [5, 5.41) is 22.6. The molecule has 0 bridgehead atoms. The standard InChI is InChI=1S/C20H30N2O4/c1-26-19-12-15(5-6-18(19)24)20(25)21-16-7-9-22(10-8-16)13-14-3-2-4-17(23)11-14/h2-4,11,15-16,18-19,23-24H,5-10,12-13H2,1H3,(H,21,25)/t15-,18+,19-/m1/s1. The Morgan fingerprint density at radius 3 is 2.73 bits per heavy atom. The Kier molecular flexibility index (Phi) is 6.51. The van der Waals surface area contributed by atoms with Gasteiger partial charge in [-0.1, -0.05) is 12.1 Å². The zero-order valence-electron chi connectivity index (χ0n) is 15.4. The Morgan fingerprint density at radius 1 is 1.27 bits per heavy atom. The largest absolute Gasteiger partial charge is 0.508 e. The second kappa shape index (κ2) is 8.84. The van der Waals surface area contributed by atoms with E-state index >= 15 is 0 Å². The number of methoxy groups -OCH3 is 1. The molecule has 3 atom stereocenters. The number of amides is 1. The van der Waals surface area contributed by atoms with Gasteiger partial charge in [0.05, 0.1) is 12.2 Å². The maximum Gasteiger partial charge on any atom is 0.223 e. The number of ether oxygens (including phenoxy) is 1. The lowest BCUT2D eigenvalue weighted by atomic mass is 9.84. The van der Waals surface area contributed by atoms with Crippen molar-refractivity contribution >= 4 is 5.91 Å². The SMILES string of the molecule is CO[C@@H]1C[C@H](C(=O)NC2CCN(Cc3cccc(O)c3)CC2)CC[C@@H]1O. The first kappa shape index (κ1) is 19.1. The number of nitrogens with zero attached hydrogens (tertiary/aromatic N) is 1. The van der Waals surface area contributed by atoms with Gasteiger partial charge in [-0.15, -0.1) is 0 Å². The highest BCUT2D eigenvalue weighted by molar-refractivity contribution is 5.79. The molecule has 0 aromatic heterocycles. The van der Waals surface area contributed by atoms with Gasteiger partial charge in [0.25, 0.3) is 0 Å². The molecule has 1 aromatic carbocycles. The summed E-state index contributed by atoms with van der Waals surface area (Å²) in [5.41, 5.74) is 1.11. The van der Waals surface area contributed by atoms with Crippen molar-refractivity contribution in [3.05, 3.63) is 29.8 Å². The molecule has 2 aliphatic rings. The summed E-state index contributed by atoms with van der Waals surface area (Å²) in [6.07, 6.45) is 3.14. The number of rotatable bonds is 5. The molecular formula is C20H30N2O4. The zero-order chi connectivity index (χ0) is 18.5. The molecule has 6 nitrogen and oxygen atoms in total. The van der Waals surface area contributed by atoms with Crippen molar-refractivity contribution in [3.63, 3.8) is 0 Å². The topological polar surface area (TPSA) is 82.0 Å². The monoisotopic (exact) mass is 362 g/mol. The number of aliphatic hydroxyl groups excluding tert-OH is 1. The number of phenols is 1. The van der Waals surface area contributed by atoms with Crippen molar-refractivity contribution in [1.82, 2.24) is 10.2 Å². The minimum absolute atomic E-state index is 0.0614. The van der Waals surface area contributed by atoms with Gasteiger partial charge in [-0.2, -0.15) is 0 Å². The molecule has 0 unspecified atom stereocenters. The third-order valence-electron chi connectivity index (χ3n) is 5.68. The molecule has 1 saturated heterocycles. The molecule has 3 rings (SSSR count). The number of hydrogen-bond acceptors (Lipinski definition) is 5. The van der Waals surface area contributed by atoms with E-state index in [9.17, 15) is 15.0 Å². The number of phenolic OH excluding ortho intramolecular Hbond substituents is 1. The number of nitrogens with one attached hydrogen (secondary N) is 1. The average Bonchev–Trinajstić information content (AvgIpc) is 2.64. The molecule has 1 aliphatic carbocycles. The number of piperidine rings is 1. The number of likely N-dealkylation sites (tertiary alicyclic amines) is 1. The third-order valence-corrected chi connectivity index (χ3v) is 5.68. The Bertz CT molecular complexity index is 601. The van der Waals surface area contributed by atoms with E-state index in [2.05, 4.69) is 10.2 Å². The van der Waals surface area contributed by atoms with Crippen LogP contribution in [-0.4, -0.2) is 59.5 Å². The highest BCUT2D eigenvalue weighted by Gasteiger charge is 2.34. The summed E-state index contributed by atoms with van der Waals surface area (Å²) in [7, 11) is 1.59. The van der Waals surface area contributed by atoms with Crippen molar-refractivity contribution in [3.8, 4) is 5.75 Å². The van der Waals surface area contributed by atoms with Crippen molar-refractivity contribution in [2.24, 2.45) is 5.92 Å². The fraction of sp³-hybridized carbons (Fsp3) is 0.650. The molecule has 1 saturated carbocycles. The van der Waals surface area contributed by atoms with Crippen LogP contribution in [0.5, 0.6) is 5.75 Å². The van der Waals surface area contributed by atoms with Gasteiger partial charge in [0.15, 0.2) is 0 Å². The van der Waals surface area contributed by atoms with Gasteiger partial charge in [0.1, 0.15) is 5.75 Å². The van der Waals surface area contributed by atoms with Crippen LogP contribution in [0.25, 0.3) is 0 Å². The van der Waals surface area contributed by atoms with Crippen LogP contribution in [0.2, 0.25) is 0 Å². The van der Waals surface area contributed by atoms with Gasteiger partial charge < -0.3 is 20.3 Å². The molecule has 1 amide bonds. The molecule has 6 heteroatoms. The summed E-state index contributed by atoms with van der Waals surface area (Å²) >= 11 is 0. The minimum atomic E-state index is -0.454. The van der Waals surface area contributed by atoms with E-state index in [0.717, 1.165) is 44.5 Å². The van der Waals surface area contributed by atoms with Crippen molar-refractivity contribution in [1.29, 1.82) is 0 Å². The van der Waals surface area contributed by atoms with Gasteiger partial charge in [0, 0.05) is 38.7 Å². The number of aliphatic hydroxyl groups is 1. The molecule has 1 aromatic rings. The molecule has 3 N–H and O–H groups in total. The van der Waals surface area contributed by atoms with Gasteiger partial charge >= 0.3 is 0 Å². The van der Waals surface area contributed by atoms with E-state index in [4.69, 9.17) is 4.74 Å². The smallest absolute Gasteiger partial charge is 0.223 e. The first-order valence-electron chi connectivity index (χ1n) is 9.56. The van der Waals surface area contributed by atoms with Crippen molar-refractivity contribution < 1.29 is 19.7 Å². The van der Waals surface area contributed by atoms with Crippen molar-refractivity contribution in [2.45, 2.75) is 56.9 Å². The Hall–Kier alpha value is -1.63. The maximum absolute atomic E-state index is 12.6. The van der Waals surface area contributed by atoms with E-state index in [0.29, 0.717) is 18.6 Å². The van der Waals surface area contributed by atoms with Gasteiger partial charge in [-0.3, -0.25) is 9.69 Å². The first-order chi connectivity index (χ1) is 12.5. The second-order valence-corrected chi connectivity index (χ2v) is 7.58. The highest BCUT2D eigenvalue weighted by Crippen LogP contribution is 2.27. The van der Waals surface area contributed by atoms with Gasteiger partial charge in [-0.25, -0.2) is 0 Å². The lowest BCUT2D eigenvalue weighted by molar-refractivity contribution is -0.131. The highest BCUT2D eigenvalue weighted by atomic mass is 16.5. The van der Waals surface area contributed by atoms with E-state index in [-0.39, 0.29) is 24.0 Å². The summed E-state index contributed by atoms with van der Waals surface area (Å²) in [4.78, 5) is 14.9. The number of carbonyl (C=O) groups excluding carboxylic acids is 1. The Morgan fingerprint density at radius 2 is 2.04 bits per heavy atom. The predicted octanol–water partition coefficient (Wildman–Crippen LogP) is 1.65. The summed E-state index contributed by atoms with van der Waals surface area (Å²) in [6, 6.07) is 7.60. The predicted molar refractivity (Wildman–Crippen MR) is 98.7 cm³/mol. The molecule has 144 valence electrons. The number of aromatic hydroxyl groups is 1.